The second-order valence-corrected chi connectivity index (χ2v) is 7.54. The third-order valence-electron chi connectivity index (χ3n) is 4.47. The van der Waals surface area contributed by atoms with Gasteiger partial charge in [0.05, 0.1) is 6.04 Å². The maximum absolute atomic E-state index is 12.2. The second kappa shape index (κ2) is 8.45. The maximum Gasteiger partial charge on any atom is 0.225 e. The van der Waals surface area contributed by atoms with Crippen molar-refractivity contribution in [3.05, 3.63) is 29.3 Å². The summed E-state index contributed by atoms with van der Waals surface area (Å²) in [5, 5.41) is 1.73. The van der Waals surface area contributed by atoms with Gasteiger partial charge in [0, 0.05) is 30.4 Å². The Hall–Kier alpha value is -0.910. The molecular formula is C17H23Cl2N3OS. The number of aliphatic imine (C=N–C) groups is 1. The first kappa shape index (κ1) is 19.4. The Bertz CT molecular complexity index is 602. The topological polar surface area (TPSA) is 35.9 Å². The quantitative estimate of drug-likeness (QED) is 0.769. The lowest BCUT2D eigenvalue weighted by atomic mass is 10.2. The number of hydrogen-bond acceptors (Lipinski definition) is 3. The van der Waals surface area contributed by atoms with Crippen molar-refractivity contribution < 1.29 is 4.79 Å². The van der Waals surface area contributed by atoms with Crippen LogP contribution in [0.25, 0.3) is 0 Å². The molecule has 1 saturated heterocycles. The van der Waals surface area contributed by atoms with E-state index in [4.69, 9.17) is 16.6 Å². The number of thioether (sulfide) groups is 1. The summed E-state index contributed by atoms with van der Waals surface area (Å²) < 4.78 is 0. The molecule has 1 unspecified atom stereocenters. The average molecular weight is 388 g/mol. The van der Waals surface area contributed by atoms with Gasteiger partial charge in [0.25, 0.3) is 0 Å². The van der Waals surface area contributed by atoms with Crippen LogP contribution in [0.15, 0.2) is 29.3 Å². The van der Waals surface area contributed by atoms with Gasteiger partial charge in [-0.05, 0) is 37.1 Å². The van der Waals surface area contributed by atoms with Crippen molar-refractivity contribution >= 4 is 52.5 Å². The van der Waals surface area contributed by atoms with E-state index in [1.54, 1.807) is 18.7 Å². The molecule has 1 saturated carbocycles. The summed E-state index contributed by atoms with van der Waals surface area (Å²) in [6.45, 7) is 1.61. The Balaban J connectivity index is 0.00000208. The largest absolute Gasteiger partial charge is 0.333 e. The molecule has 1 aromatic carbocycles. The molecule has 3 rings (SSSR count). The number of amides is 1. The molecule has 7 heteroatoms. The molecule has 24 heavy (non-hydrogen) atoms. The fraction of sp³-hybridized carbons (Fsp3) is 0.529. The van der Waals surface area contributed by atoms with Crippen LogP contribution < -0.4 is 4.90 Å². The zero-order chi connectivity index (χ0) is 16.4. The number of halogens is 2. The van der Waals surface area contributed by atoms with Gasteiger partial charge in [-0.3, -0.25) is 14.7 Å². The molecule has 1 atom stereocenters. The maximum atomic E-state index is 12.2. The van der Waals surface area contributed by atoms with Crippen molar-refractivity contribution in [1.82, 2.24) is 4.90 Å². The van der Waals surface area contributed by atoms with E-state index >= 15 is 0 Å². The number of anilines is 1. The normalized spacial score (nSPS) is 22.7. The van der Waals surface area contributed by atoms with Gasteiger partial charge in [0.1, 0.15) is 6.17 Å². The summed E-state index contributed by atoms with van der Waals surface area (Å²) in [6, 6.07) is 7.90. The number of nitrogens with zero attached hydrogens (tertiary/aromatic N) is 3. The monoisotopic (exact) mass is 387 g/mol. The van der Waals surface area contributed by atoms with Gasteiger partial charge >= 0.3 is 0 Å². The fourth-order valence-electron chi connectivity index (χ4n) is 3.22. The summed E-state index contributed by atoms with van der Waals surface area (Å²) in [4.78, 5) is 21.1. The molecule has 0 spiro atoms. The molecule has 1 aliphatic carbocycles. The standard InChI is InChI=1S/C17H22ClN3OS.ClH/c1-12(22)21(15-9-7-13(18)8-10-15)16-11-23-17(20(16)2)19-14-5-3-4-6-14;/h7-10,14,16H,3-6,11H2,1-2H3;1H. The van der Waals surface area contributed by atoms with Crippen LogP contribution in [-0.2, 0) is 4.79 Å². The summed E-state index contributed by atoms with van der Waals surface area (Å²) in [6.07, 6.45) is 4.94. The predicted molar refractivity (Wildman–Crippen MR) is 106 cm³/mol. The molecule has 0 bridgehead atoms. The van der Waals surface area contributed by atoms with Crippen molar-refractivity contribution in [2.45, 2.75) is 44.8 Å². The lowest BCUT2D eigenvalue weighted by Gasteiger charge is -2.33. The number of amidine groups is 1. The number of carbonyl (C=O) groups is 1. The van der Waals surface area contributed by atoms with E-state index in [1.807, 2.05) is 36.2 Å². The van der Waals surface area contributed by atoms with Crippen LogP contribution >= 0.6 is 35.8 Å². The van der Waals surface area contributed by atoms with E-state index in [1.165, 1.54) is 25.7 Å². The van der Waals surface area contributed by atoms with Crippen LogP contribution in [0.5, 0.6) is 0 Å². The second-order valence-electron chi connectivity index (χ2n) is 6.12. The van der Waals surface area contributed by atoms with Crippen LogP contribution in [0.3, 0.4) is 0 Å². The SMILES string of the molecule is CC(=O)N(c1ccc(Cl)cc1)C1CSC(=NC2CCCC2)N1C.Cl. The van der Waals surface area contributed by atoms with Crippen LogP contribution in [0.4, 0.5) is 5.69 Å². The highest BCUT2D eigenvalue weighted by molar-refractivity contribution is 8.14. The highest BCUT2D eigenvalue weighted by Gasteiger charge is 2.35. The molecule has 1 aromatic rings. The summed E-state index contributed by atoms with van der Waals surface area (Å²) in [7, 11) is 2.03. The third kappa shape index (κ3) is 4.19. The number of rotatable bonds is 3. The lowest BCUT2D eigenvalue weighted by molar-refractivity contribution is -0.117. The molecule has 0 radical (unpaired) electrons. The molecule has 4 nitrogen and oxygen atoms in total. The molecule has 1 amide bonds. The van der Waals surface area contributed by atoms with E-state index in [9.17, 15) is 4.79 Å². The van der Waals surface area contributed by atoms with Gasteiger partial charge in [-0.15, -0.1) is 12.4 Å². The van der Waals surface area contributed by atoms with E-state index in [0.717, 1.165) is 16.6 Å². The van der Waals surface area contributed by atoms with Crippen LogP contribution in [-0.4, -0.2) is 41.0 Å². The fourth-order valence-corrected chi connectivity index (χ4v) is 4.57. The smallest absolute Gasteiger partial charge is 0.225 e. The van der Waals surface area contributed by atoms with Crippen LogP contribution in [0.1, 0.15) is 32.6 Å². The van der Waals surface area contributed by atoms with Gasteiger partial charge in [-0.1, -0.05) is 36.2 Å². The first-order valence-electron chi connectivity index (χ1n) is 8.05. The average Bonchev–Trinajstić information content (AvgIpc) is 3.14. The first-order valence-corrected chi connectivity index (χ1v) is 9.41. The molecule has 2 aliphatic rings. The van der Waals surface area contributed by atoms with Gasteiger partial charge < -0.3 is 4.90 Å². The third-order valence-corrected chi connectivity index (χ3v) is 5.84. The van der Waals surface area contributed by atoms with Gasteiger partial charge in [0.2, 0.25) is 5.91 Å². The Morgan fingerprint density at radius 1 is 1.29 bits per heavy atom. The van der Waals surface area contributed by atoms with Crippen LogP contribution in [0, 0.1) is 0 Å². The summed E-state index contributed by atoms with van der Waals surface area (Å²) in [5.74, 6) is 0.872. The number of hydrogen-bond donors (Lipinski definition) is 0. The minimum absolute atomic E-state index is 0. The zero-order valence-corrected chi connectivity index (χ0v) is 16.3. The van der Waals surface area contributed by atoms with Gasteiger partial charge in [0.15, 0.2) is 5.17 Å². The highest BCUT2D eigenvalue weighted by atomic mass is 35.5. The number of benzene rings is 1. The van der Waals surface area contributed by atoms with Crippen molar-refractivity contribution in [3.63, 3.8) is 0 Å². The van der Waals surface area contributed by atoms with Gasteiger partial charge in [-0.2, -0.15) is 0 Å². The van der Waals surface area contributed by atoms with Gasteiger partial charge in [-0.25, -0.2) is 0 Å². The Labute approximate surface area is 159 Å². The van der Waals surface area contributed by atoms with Crippen molar-refractivity contribution in [2.24, 2.45) is 4.99 Å². The predicted octanol–water partition coefficient (Wildman–Crippen LogP) is 4.42. The Morgan fingerprint density at radius 2 is 1.92 bits per heavy atom. The van der Waals surface area contributed by atoms with Crippen molar-refractivity contribution in [3.8, 4) is 0 Å². The molecule has 1 aliphatic heterocycles. The first-order chi connectivity index (χ1) is 11.1. The minimum Gasteiger partial charge on any atom is -0.333 e. The molecule has 2 fully saturated rings. The molecule has 0 aromatic heterocycles. The van der Waals surface area contributed by atoms with Crippen LogP contribution in [0.2, 0.25) is 5.02 Å². The lowest BCUT2D eigenvalue weighted by Crippen LogP contribution is -2.48. The molecule has 1 heterocycles. The highest BCUT2D eigenvalue weighted by Crippen LogP contribution is 2.31. The van der Waals surface area contributed by atoms with E-state index in [-0.39, 0.29) is 24.5 Å². The zero-order valence-electron chi connectivity index (χ0n) is 13.9. The van der Waals surface area contributed by atoms with Crippen molar-refractivity contribution in [1.29, 1.82) is 0 Å². The summed E-state index contributed by atoms with van der Waals surface area (Å²) in [5.41, 5.74) is 0.876. The molecule has 132 valence electrons. The Kier molecular flexibility index (Phi) is 6.84. The van der Waals surface area contributed by atoms with Crippen molar-refractivity contribution in [2.75, 3.05) is 17.7 Å². The summed E-state index contributed by atoms with van der Waals surface area (Å²) >= 11 is 7.71. The molecular weight excluding hydrogens is 365 g/mol. The van der Waals surface area contributed by atoms with E-state index in [2.05, 4.69) is 4.90 Å². The number of carbonyl (C=O) groups excluding carboxylic acids is 1. The molecule has 0 N–H and O–H groups in total. The Morgan fingerprint density at radius 3 is 2.50 bits per heavy atom. The minimum atomic E-state index is -0.00108. The van der Waals surface area contributed by atoms with E-state index in [0.29, 0.717) is 11.1 Å². The van der Waals surface area contributed by atoms with E-state index < -0.39 is 0 Å².